The van der Waals surface area contributed by atoms with Crippen molar-refractivity contribution in [3.63, 3.8) is 0 Å². The van der Waals surface area contributed by atoms with Gasteiger partial charge in [0.15, 0.2) is 0 Å². The summed E-state index contributed by atoms with van der Waals surface area (Å²) in [5.41, 5.74) is 5.88. The lowest BCUT2D eigenvalue weighted by molar-refractivity contribution is -0.133. The van der Waals surface area contributed by atoms with Crippen LogP contribution in [0.1, 0.15) is 48.2 Å². The maximum absolute atomic E-state index is 13.1. The Kier molecular flexibility index (Phi) is 4.37. The number of amides is 1. The van der Waals surface area contributed by atoms with Crippen LogP contribution >= 0.6 is 0 Å². The topological polar surface area (TPSA) is 25.2 Å². The molecule has 0 saturated heterocycles. The van der Waals surface area contributed by atoms with Crippen LogP contribution in [0, 0.1) is 6.92 Å². The number of carbonyl (C=O) groups excluding carboxylic acids is 1. The lowest BCUT2D eigenvalue weighted by atomic mass is 10.00. The summed E-state index contributed by atoms with van der Waals surface area (Å²) in [4.78, 5) is 15.1. The fourth-order valence-corrected chi connectivity index (χ4v) is 3.84. The number of benzene rings is 2. The zero-order chi connectivity index (χ0) is 18.1. The first-order valence-corrected chi connectivity index (χ1v) is 9.30. The van der Waals surface area contributed by atoms with E-state index in [-0.39, 0.29) is 11.9 Å². The molecule has 2 heterocycles. The van der Waals surface area contributed by atoms with Gasteiger partial charge in [-0.15, -0.1) is 0 Å². The highest BCUT2D eigenvalue weighted by atomic mass is 16.2. The number of hydrogen-bond donors (Lipinski definition) is 0. The highest BCUT2D eigenvalue weighted by molar-refractivity contribution is 5.77. The van der Waals surface area contributed by atoms with Crippen molar-refractivity contribution >= 4 is 5.91 Å². The largest absolute Gasteiger partial charge is 0.326 e. The van der Waals surface area contributed by atoms with Gasteiger partial charge in [0.05, 0.1) is 11.7 Å². The molecule has 0 radical (unpaired) electrons. The molecule has 3 nitrogen and oxygen atoms in total. The third kappa shape index (κ3) is 2.84. The van der Waals surface area contributed by atoms with E-state index in [1.165, 1.54) is 11.1 Å². The van der Waals surface area contributed by atoms with Crippen molar-refractivity contribution in [2.24, 2.45) is 0 Å². The molecular weight excluding hydrogens is 320 g/mol. The molecule has 0 N–H and O–H groups in total. The van der Waals surface area contributed by atoms with Gasteiger partial charge in [0, 0.05) is 24.9 Å². The van der Waals surface area contributed by atoms with Gasteiger partial charge in [-0.25, -0.2) is 0 Å². The fraction of sp³-hybridized carbons (Fsp3) is 0.261. The van der Waals surface area contributed by atoms with Gasteiger partial charge in [0.25, 0.3) is 0 Å². The summed E-state index contributed by atoms with van der Waals surface area (Å²) in [5, 5.41) is 0. The Labute approximate surface area is 154 Å². The third-order valence-electron chi connectivity index (χ3n) is 5.14. The first-order valence-electron chi connectivity index (χ1n) is 9.30. The van der Waals surface area contributed by atoms with E-state index < -0.39 is 0 Å². The van der Waals surface area contributed by atoms with Crippen LogP contribution in [-0.2, 0) is 11.3 Å². The molecule has 3 heteroatoms. The monoisotopic (exact) mass is 344 g/mol. The summed E-state index contributed by atoms with van der Waals surface area (Å²) >= 11 is 0. The minimum atomic E-state index is -0.0722. The summed E-state index contributed by atoms with van der Waals surface area (Å²) in [7, 11) is 0. The van der Waals surface area contributed by atoms with Crippen LogP contribution in [0.5, 0.6) is 0 Å². The Hall–Kier alpha value is -2.81. The van der Waals surface area contributed by atoms with Crippen molar-refractivity contribution in [2.75, 3.05) is 0 Å². The molecule has 1 amide bonds. The van der Waals surface area contributed by atoms with E-state index in [0.717, 1.165) is 23.4 Å². The molecule has 1 aliphatic rings. The minimum absolute atomic E-state index is 0.0722. The highest BCUT2D eigenvalue weighted by Gasteiger charge is 2.32. The van der Waals surface area contributed by atoms with Crippen LogP contribution in [0.3, 0.4) is 0 Å². The van der Waals surface area contributed by atoms with Gasteiger partial charge in [-0.05, 0) is 42.7 Å². The molecule has 1 aliphatic heterocycles. The maximum Gasteiger partial charge on any atom is 0.223 e. The molecule has 1 aromatic heterocycles. The Morgan fingerprint density at radius 3 is 2.58 bits per heavy atom. The zero-order valence-electron chi connectivity index (χ0n) is 15.4. The lowest BCUT2D eigenvalue weighted by Crippen LogP contribution is -2.34. The molecule has 0 saturated carbocycles. The first-order chi connectivity index (χ1) is 12.7. The van der Waals surface area contributed by atoms with Crippen LogP contribution in [0.15, 0.2) is 66.9 Å². The van der Waals surface area contributed by atoms with Crippen molar-refractivity contribution in [3.8, 4) is 5.69 Å². The zero-order valence-corrected chi connectivity index (χ0v) is 15.4. The molecule has 0 aliphatic carbocycles. The van der Waals surface area contributed by atoms with Crippen molar-refractivity contribution in [1.82, 2.24) is 9.47 Å². The maximum atomic E-state index is 13.1. The van der Waals surface area contributed by atoms with Gasteiger partial charge in [-0.1, -0.05) is 55.0 Å². The molecule has 4 rings (SSSR count). The molecule has 132 valence electrons. The van der Waals surface area contributed by atoms with E-state index in [1.54, 1.807) is 0 Å². The van der Waals surface area contributed by atoms with E-state index >= 15 is 0 Å². The number of fused-ring (bicyclic) bond motifs is 3. The molecule has 0 bridgehead atoms. The third-order valence-corrected chi connectivity index (χ3v) is 5.14. The number of nitrogens with zero attached hydrogens (tertiary/aromatic N) is 2. The average molecular weight is 344 g/mol. The van der Waals surface area contributed by atoms with E-state index in [2.05, 4.69) is 85.3 Å². The van der Waals surface area contributed by atoms with Crippen LogP contribution < -0.4 is 0 Å². The van der Waals surface area contributed by atoms with Gasteiger partial charge >= 0.3 is 0 Å². The molecule has 0 fully saturated rings. The van der Waals surface area contributed by atoms with E-state index in [1.807, 2.05) is 4.90 Å². The minimum Gasteiger partial charge on any atom is -0.326 e. The molecule has 0 spiro atoms. The molecule has 0 unspecified atom stereocenters. The van der Waals surface area contributed by atoms with Gasteiger partial charge in [-0.2, -0.15) is 0 Å². The first kappa shape index (κ1) is 16.6. The number of rotatable bonds is 3. The number of hydrogen-bond acceptors (Lipinski definition) is 1. The van der Waals surface area contributed by atoms with Gasteiger partial charge in [0.1, 0.15) is 0 Å². The summed E-state index contributed by atoms with van der Waals surface area (Å²) in [6.07, 6.45) is 3.53. The van der Waals surface area contributed by atoms with Crippen LogP contribution in [0.2, 0.25) is 0 Å². The second-order valence-corrected chi connectivity index (χ2v) is 7.02. The van der Waals surface area contributed by atoms with Gasteiger partial charge in [0.2, 0.25) is 5.91 Å². The predicted molar refractivity (Wildman–Crippen MR) is 104 cm³/mol. The molecular formula is C23H24N2O. The van der Waals surface area contributed by atoms with Crippen molar-refractivity contribution in [2.45, 2.75) is 39.3 Å². The van der Waals surface area contributed by atoms with Crippen molar-refractivity contribution in [1.29, 1.82) is 0 Å². The summed E-state index contributed by atoms with van der Waals surface area (Å²) < 4.78 is 2.24. The second kappa shape index (κ2) is 6.83. The number of carbonyl (C=O) groups is 1. The Bertz CT molecular complexity index is 923. The van der Waals surface area contributed by atoms with Gasteiger partial charge < -0.3 is 9.47 Å². The summed E-state index contributed by atoms with van der Waals surface area (Å²) in [6, 6.07) is 21.1. The van der Waals surface area contributed by atoms with Crippen LogP contribution in [0.25, 0.3) is 5.69 Å². The smallest absolute Gasteiger partial charge is 0.223 e. The number of aromatic nitrogens is 1. The standard InChI is InChI=1S/C23H24N2O/c1-3-7-22(26)25-16-19-8-4-5-9-20(19)24-15-6-10-21(24)23(25)18-13-11-17(2)12-14-18/h4-6,8-15,23H,3,7,16H2,1-2H3/t23-/m1/s1. The predicted octanol–water partition coefficient (Wildman–Crippen LogP) is 5.02. The molecule has 2 aromatic carbocycles. The Morgan fingerprint density at radius 2 is 1.81 bits per heavy atom. The normalized spacial score (nSPS) is 15.9. The molecule has 1 atom stereocenters. The van der Waals surface area contributed by atoms with E-state index in [4.69, 9.17) is 0 Å². The molecule has 26 heavy (non-hydrogen) atoms. The lowest BCUT2D eigenvalue weighted by Gasteiger charge is -2.31. The average Bonchev–Trinajstić information content (AvgIpc) is 3.07. The Balaban J connectivity index is 1.91. The highest BCUT2D eigenvalue weighted by Crippen LogP contribution is 2.37. The van der Waals surface area contributed by atoms with E-state index in [0.29, 0.717) is 13.0 Å². The van der Waals surface area contributed by atoms with Crippen molar-refractivity contribution in [3.05, 3.63) is 89.2 Å². The number of aryl methyl sites for hydroxylation is 1. The number of para-hydroxylation sites is 1. The fourth-order valence-electron chi connectivity index (χ4n) is 3.84. The van der Waals surface area contributed by atoms with Gasteiger partial charge in [-0.3, -0.25) is 4.79 Å². The molecule has 3 aromatic rings. The summed E-state index contributed by atoms with van der Waals surface area (Å²) in [5.74, 6) is 0.211. The quantitative estimate of drug-likeness (QED) is 0.655. The second-order valence-electron chi connectivity index (χ2n) is 7.02. The van der Waals surface area contributed by atoms with E-state index in [9.17, 15) is 4.79 Å². The van der Waals surface area contributed by atoms with Crippen LogP contribution in [-0.4, -0.2) is 15.4 Å². The SMILES string of the molecule is CCCC(=O)N1Cc2ccccc2-n2cccc2[C@H]1c1ccc(C)cc1. The summed E-state index contributed by atoms with van der Waals surface area (Å²) in [6.45, 7) is 4.79. The van der Waals surface area contributed by atoms with Crippen molar-refractivity contribution < 1.29 is 4.79 Å². The van der Waals surface area contributed by atoms with Crippen LogP contribution in [0.4, 0.5) is 0 Å². The Morgan fingerprint density at radius 1 is 1.04 bits per heavy atom.